The number of allylic oxidation sites excluding steroid dienone is 1. The van der Waals surface area contributed by atoms with E-state index in [0.29, 0.717) is 49.9 Å². The third-order valence-electron chi connectivity index (χ3n) is 15.1. The van der Waals surface area contributed by atoms with Gasteiger partial charge in [0.15, 0.2) is 23.4 Å². The number of piperidine rings is 1. The van der Waals surface area contributed by atoms with Crippen LogP contribution in [-0.2, 0) is 14.3 Å². The quantitative estimate of drug-likeness (QED) is 0.0898. The lowest BCUT2D eigenvalue weighted by Crippen LogP contribution is -2.45. The molecule has 4 fully saturated rings. The summed E-state index contributed by atoms with van der Waals surface area (Å²) in [4.78, 5) is 33.2. The minimum absolute atomic E-state index is 0.0258. The minimum Gasteiger partial charge on any atom is -0.391 e. The Labute approximate surface area is 337 Å². The molecule has 0 aromatic rings. The van der Waals surface area contributed by atoms with Gasteiger partial charge in [0, 0.05) is 37.2 Å². The maximum absolute atomic E-state index is 14.7. The number of carbonyl (C=O) groups is 2. The SMILES string of the molecule is CCC[C@@H]([C@H]1C[C@@H](CC2CCNC(N)C2)C[C@@H]2C#C[C@H](C3CCCCC3)C3CC(O)C(OC)CC3CCC(=O)[C@H](O)C(=O)[C@H]2C1)[C@H](O)CC1=C[C+](C(C)C)C=N1. The summed E-state index contributed by atoms with van der Waals surface area (Å²) in [7, 11) is 1.65. The number of rotatable bonds is 11. The number of nitrogens with two attached hydrogens (primary N) is 1. The van der Waals surface area contributed by atoms with Gasteiger partial charge in [0.2, 0.25) is 0 Å². The van der Waals surface area contributed by atoms with Gasteiger partial charge in [0.1, 0.15) is 18.2 Å². The molecule has 0 aromatic heterocycles. The smallest absolute Gasteiger partial charge is 0.177 e. The number of hydrogen-bond donors (Lipinski definition) is 5. The first-order valence-electron chi connectivity index (χ1n) is 22.7. The highest BCUT2D eigenvalue weighted by molar-refractivity contribution is 6.06. The number of aliphatic imine (C=N–C) groups is 1. The first-order valence-corrected chi connectivity index (χ1v) is 22.7. The van der Waals surface area contributed by atoms with Gasteiger partial charge in [-0.05, 0) is 139 Å². The Morgan fingerprint density at radius 3 is 2.46 bits per heavy atom. The average Bonchev–Trinajstić information content (AvgIpc) is 3.58. The molecule has 4 aliphatic carbocycles. The summed E-state index contributed by atoms with van der Waals surface area (Å²) >= 11 is 0. The predicted molar refractivity (Wildman–Crippen MR) is 221 cm³/mol. The molecule has 0 bridgehead atoms. The Hall–Kier alpha value is -2.06. The lowest BCUT2D eigenvalue weighted by molar-refractivity contribution is -0.142. The Balaban J connectivity index is 1.38. The van der Waals surface area contributed by atoms with Crippen molar-refractivity contribution in [2.45, 2.75) is 167 Å². The van der Waals surface area contributed by atoms with Crippen LogP contribution in [0.3, 0.4) is 0 Å². The van der Waals surface area contributed by atoms with Crippen LogP contribution in [0.5, 0.6) is 0 Å². The lowest BCUT2D eigenvalue weighted by Gasteiger charge is -2.44. The fraction of sp³-hybridized carbons (Fsp3) is 0.830. The standard InChI is InChI=1S/C47H74N3O6/c1-5-9-38(42(52)25-36-22-35(27-50-36)28(2)3)34-20-30(18-29-16-17-49-45(48)21-29)19-32-12-14-37(31-10-7-6-8-11-31)39-26-43(53)44(56-4)24-33(39)13-15-41(51)47(55)46(54)40(32)23-34/h22,27-34,37-40,42-45,47,49,52-53,55H,5-11,13,15-21,23-26,48H2,1-4H3/q+1/t29?,30-,32-,33?,34-,37+,38-,39?,40-,42+,43?,44?,45?,47-/m0/s1. The molecule has 6 rings (SSSR count). The molecule has 6 aliphatic rings. The number of methoxy groups -OCH3 is 1. The van der Waals surface area contributed by atoms with Gasteiger partial charge in [0.25, 0.3) is 0 Å². The van der Waals surface area contributed by atoms with Crippen LogP contribution in [-0.4, -0.2) is 77.3 Å². The largest absolute Gasteiger partial charge is 0.391 e. The van der Waals surface area contributed by atoms with Gasteiger partial charge in [-0.2, -0.15) is 0 Å². The van der Waals surface area contributed by atoms with E-state index in [2.05, 4.69) is 49.0 Å². The maximum atomic E-state index is 14.7. The van der Waals surface area contributed by atoms with E-state index < -0.39 is 30.0 Å². The van der Waals surface area contributed by atoms with Crippen molar-refractivity contribution in [2.75, 3.05) is 13.7 Å². The summed E-state index contributed by atoms with van der Waals surface area (Å²) in [5.74, 6) is 8.98. The molecule has 56 heavy (non-hydrogen) atoms. The van der Waals surface area contributed by atoms with Gasteiger partial charge in [-0.15, -0.1) is 4.99 Å². The summed E-state index contributed by atoms with van der Waals surface area (Å²) in [6.07, 6.45) is 15.9. The fourth-order valence-corrected chi connectivity index (χ4v) is 12.0. The summed E-state index contributed by atoms with van der Waals surface area (Å²) in [6, 6.07) is 0. The number of Topliss-reactive ketones (excluding diaryl/α,β-unsaturated/α-hetero) is 2. The molecule has 0 spiro atoms. The molecule has 1 saturated heterocycles. The Morgan fingerprint density at radius 1 is 0.982 bits per heavy atom. The molecule has 0 amide bonds. The average molecular weight is 777 g/mol. The van der Waals surface area contributed by atoms with Crippen LogP contribution in [0.15, 0.2) is 16.8 Å². The molecule has 2 heterocycles. The zero-order valence-electron chi connectivity index (χ0n) is 34.9. The third-order valence-corrected chi connectivity index (χ3v) is 15.1. The van der Waals surface area contributed by atoms with Gasteiger partial charge < -0.3 is 31.1 Å². The summed E-state index contributed by atoms with van der Waals surface area (Å²) in [5, 5.41) is 38.4. The number of carbonyl (C=O) groups excluding carboxylic acids is 2. The monoisotopic (exact) mass is 777 g/mol. The van der Waals surface area contributed by atoms with Crippen molar-refractivity contribution in [3.8, 4) is 11.8 Å². The van der Waals surface area contributed by atoms with Crippen molar-refractivity contribution in [2.24, 2.45) is 75.8 Å². The number of aliphatic hydroxyl groups excluding tert-OH is 3. The van der Waals surface area contributed by atoms with Crippen LogP contribution < -0.4 is 11.1 Å². The maximum Gasteiger partial charge on any atom is 0.177 e. The number of ketones is 2. The second-order valence-electron chi connectivity index (χ2n) is 19.3. The summed E-state index contributed by atoms with van der Waals surface area (Å²) in [6.45, 7) is 7.36. The van der Waals surface area contributed by atoms with Gasteiger partial charge in [-0.3, -0.25) is 9.59 Å². The number of fused-ring (bicyclic) bond motifs is 2. The number of nitrogens with zero attached hydrogens (tertiary/aromatic N) is 1. The summed E-state index contributed by atoms with van der Waals surface area (Å²) in [5.41, 5.74) is 7.33. The van der Waals surface area contributed by atoms with E-state index in [-0.39, 0.29) is 65.9 Å². The van der Waals surface area contributed by atoms with Crippen LogP contribution in [0.2, 0.25) is 0 Å². The van der Waals surface area contributed by atoms with Crippen molar-refractivity contribution in [3.63, 3.8) is 0 Å². The molecule has 3 saturated carbocycles. The summed E-state index contributed by atoms with van der Waals surface area (Å²) < 4.78 is 5.74. The molecule has 14 atom stereocenters. The van der Waals surface area contributed by atoms with E-state index in [0.717, 1.165) is 70.0 Å². The molecule has 312 valence electrons. The fourth-order valence-electron chi connectivity index (χ4n) is 12.0. The highest BCUT2D eigenvalue weighted by atomic mass is 16.5. The van der Waals surface area contributed by atoms with Crippen LogP contribution in [0.4, 0.5) is 0 Å². The molecule has 2 aliphatic heterocycles. The van der Waals surface area contributed by atoms with E-state index >= 15 is 0 Å². The van der Waals surface area contributed by atoms with Crippen molar-refractivity contribution in [3.05, 3.63) is 17.7 Å². The van der Waals surface area contributed by atoms with Gasteiger partial charge in [-0.25, -0.2) is 0 Å². The van der Waals surface area contributed by atoms with Crippen molar-refractivity contribution in [1.82, 2.24) is 5.32 Å². The Morgan fingerprint density at radius 2 is 1.77 bits per heavy atom. The third kappa shape index (κ3) is 10.8. The molecule has 9 heteroatoms. The highest BCUT2D eigenvalue weighted by Crippen LogP contribution is 2.48. The molecule has 9 nitrogen and oxygen atoms in total. The van der Waals surface area contributed by atoms with Crippen LogP contribution in [0.1, 0.15) is 136 Å². The first kappa shape index (κ1) is 43.5. The molecule has 0 radical (unpaired) electrons. The van der Waals surface area contributed by atoms with Crippen LogP contribution in [0.25, 0.3) is 0 Å². The normalized spacial score (nSPS) is 38.7. The van der Waals surface area contributed by atoms with E-state index in [4.69, 9.17) is 10.5 Å². The molecule has 6 N–H and O–H groups in total. The van der Waals surface area contributed by atoms with Crippen molar-refractivity contribution < 1.29 is 29.6 Å². The molecular weight excluding hydrogens is 703 g/mol. The molecular formula is C47H74N3O6+. The Bertz CT molecular complexity index is 1430. The molecule has 6 unspecified atom stereocenters. The number of ether oxygens (including phenoxy) is 1. The molecule has 0 aromatic carbocycles. The zero-order chi connectivity index (χ0) is 39.9. The second kappa shape index (κ2) is 20.3. The zero-order valence-corrected chi connectivity index (χ0v) is 34.9. The lowest BCUT2D eigenvalue weighted by atomic mass is 9.63. The second-order valence-corrected chi connectivity index (χ2v) is 19.3. The van der Waals surface area contributed by atoms with E-state index in [1.807, 2.05) is 6.21 Å². The van der Waals surface area contributed by atoms with Crippen molar-refractivity contribution in [1.29, 1.82) is 0 Å². The van der Waals surface area contributed by atoms with E-state index in [1.165, 1.54) is 25.2 Å². The Kier molecular flexibility index (Phi) is 15.8. The van der Waals surface area contributed by atoms with Crippen LogP contribution in [0, 0.1) is 82.9 Å². The van der Waals surface area contributed by atoms with Gasteiger partial charge in [0.05, 0.1) is 30.9 Å². The predicted octanol–water partition coefficient (Wildman–Crippen LogP) is 6.57. The van der Waals surface area contributed by atoms with Gasteiger partial charge >= 0.3 is 0 Å². The number of nitrogens with one attached hydrogen (secondary N) is 1. The van der Waals surface area contributed by atoms with Crippen molar-refractivity contribution >= 4 is 17.8 Å². The topological polar surface area (TPSA) is 154 Å². The van der Waals surface area contributed by atoms with Gasteiger partial charge in [-0.1, -0.05) is 44.4 Å². The number of aliphatic hydroxyl groups is 3. The first-order chi connectivity index (χ1) is 26.9. The van der Waals surface area contributed by atoms with E-state index in [1.54, 1.807) is 7.11 Å². The highest BCUT2D eigenvalue weighted by Gasteiger charge is 2.47. The number of hydrogen-bond acceptors (Lipinski definition) is 9. The minimum atomic E-state index is -1.68. The van der Waals surface area contributed by atoms with E-state index in [9.17, 15) is 24.9 Å². The van der Waals surface area contributed by atoms with Crippen LogP contribution >= 0.6 is 0 Å².